The summed E-state index contributed by atoms with van der Waals surface area (Å²) < 4.78 is 6.45. The van der Waals surface area contributed by atoms with Gasteiger partial charge in [0.2, 0.25) is 5.91 Å². The van der Waals surface area contributed by atoms with Crippen LogP contribution in [0.5, 0.6) is 0 Å². The molecule has 1 saturated heterocycles. The fourth-order valence-electron chi connectivity index (χ4n) is 8.18. The normalized spacial score (nSPS) is 54.5. The van der Waals surface area contributed by atoms with E-state index in [1.54, 1.807) is 0 Å². The average Bonchev–Trinajstić information content (AvgIpc) is 3.18. The second-order valence-corrected chi connectivity index (χ2v) is 10.1. The Hall–Kier alpha value is -0.830. The third-order valence-electron chi connectivity index (χ3n) is 9.52. The van der Waals surface area contributed by atoms with E-state index >= 15 is 0 Å². The van der Waals surface area contributed by atoms with Crippen LogP contribution in [0.4, 0.5) is 0 Å². The van der Waals surface area contributed by atoms with Gasteiger partial charge in [-0.2, -0.15) is 0 Å². The highest BCUT2D eigenvalue weighted by Gasteiger charge is 2.66. The fourth-order valence-corrected chi connectivity index (χ4v) is 8.18. The molecule has 3 nitrogen and oxygen atoms in total. The summed E-state index contributed by atoms with van der Waals surface area (Å²) in [6.45, 7) is 5.98. The summed E-state index contributed by atoms with van der Waals surface area (Å²) in [7, 11) is 2.01. The van der Waals surface area contributed by atoms with Crippen molar-refractivity contribution in [2.45, 2.75) is 76.9 Å². The molecule has 0 N–H and O–H groups in total. The van der Waals surface area contributed by atoms with E-state index in [0.717, 1.165) is 24.4 Å². The van der Waals surface area contributed by atoms with E-state index in [9.17, 15) is 4.79 Å². The highest BCUT2D eigenvalue weighted by molar-refractivity contribution is 5.89. The maximum atomic E-state index is 12.2. The van der Waals surface area contributed by atoms with Crippen molar-refractivity contribution in [2.75, 3.05) is 13.7 Å². The minimum Gasteiger partial charge on any atom is -0.374 e. The number of fused-ring (bicyclic) bond motifs is 6. The van der Waals surface area contributed by atoms with Crippen LogP contribution in [-0.4, -0.2) is 36.1 Å². The van der Waals surface area contributed by atoms with Gasteiger partial charge < -0.3 is 9.64 Å². The van der Waals surface area contributed by atoms with Gasteiger partial charge >= 0.3 is 0 Å². The molecule has 3 saturated carbocycles. The van der Waals surface area contributed by atoms with E-state index in [1.807, 2.05) is 18.0 Å². The first-order valence-electron chi connectivity index (χ1n) is 10.5. The summed E-state index contributed by atoms with van der Waals surface area (Å²) in [6, 6.07) is 0.397. The van der Waals surface area contributed by atoms with Gasteiger partial charge in [0.1, 0.15) is 0 Å². The number of carbonyl (C=O) groups excluding carboxylic acids is 1. The minimum atomic E-state index is 0.166. The third kappa shape index (κ3) is 1.89. The van der Waals surface area contributed by atoms with Crippen LogP contribution < -0.4 is 0 Å². The van der Waals surface area contributed by atoms with Crippen LogP contribution in [-0.2, 0) is 9.53 Å². The van der Waals surface area contributed by atoms with Crippen molar-refractivity contribution in [3.63, 3.8) is 0 Å². The Bertz CT molecular complexity index is 622. The fraction of sp³-hybridized carbons (Fsp3) is 0.864. The molecule has 2 aliphatic heterocycles. The van der Waals surface area contributed by atoms with Gasteiger partial charge in [0.15, 0.2) is 0 Å². The zero-order valence-corrected chi connectivity index (χ0v) is 16.1. The summed E-state index contributed by atoms with van der Waals surface area (Å²) in [4.78, 5) is 14.2. The number of ether oxygens (including phenoxy) is 1. The monoisotopic (exact) mass is 343 g/mol. The molecule has 0 aromatic carbocycles. The molecule has 0 aromatic rings. The van der Waals surface area contributed by atoms with E-state index in [2.05, 4.69) is 19.9 Å². The lowest BCUT2D eigenvalue weighted by molar-refractivity contribution is -0.153. The van der Waals surface area contributed by atoms with Gasteiger partial charge in [0.25, 0.3) is 0 Å². The summed E-state index contributed by atoms with van der Waals surface area (Å²) in [5, 5.41) is 0. The van der Waals surface area contributed by atoms with E-state index in [0.29, 0.717) is 11.5 Å². The molecule has 2 heterocycles. The Balaban J connectivity index is 1.50. The van der Waals surface area contributed by atoms with Crippen LogP contribution in [0, 0.1) is 28.6 Å². The van der Waals surface area contributed by atoms with Crippen molar-refractivity contribution >= 4 is 5.91 Å². The van der Waals surface area contributed by atoms with Gasteiger partial charge in [-0.25, -0.2) is 0 Å². The summed E-state index contributed by atoms with van der Waals surface area (Å²) >= 11 is 0. The predicted molar refractivity (Wildman–Crippen MR) is 98.0 cm³/mol. The zero-order chi connectivity index (χ0) is 17.4. The molecule has 0 radical (unpaired) electrons. The van der Waals surface area contributed by atoms with Crippen molar-refractivity contribution in [1.82, 2.24) is 4.90 Å². The van der Waals surface area contributed by atoms with Crippen LogP contribution in [0.15, 0.2) is 12.2 Å². The first-order valence-corrected chi connectivity index (χ1v) is 10.5. The van der Waals surface area contributed by atoms with Gasteiger partial charge in [0.05, 0.1) is 5.60 Å². The number of hydrogen-bond acceptors (Lipinski definition) is 2. The lowest BCUT2D eigenvalue weighted by atomic mass is 9.47. The van der Waals surface area contributed by atoms with Crippen LogP contribution in [0.3, 0.4) is 0 Å². The van der Waals surface area contributed by atoms with E-state index in [-0.39, 0.29) is 16.9 Å². The number of hydrogen-bond donors (Lipinski definition) is 0. The standard InChI is InChI=1S/C22H33NO2/c1-20-11-9-19(24)23(3)18(20)6-5-15-16(20)7-12-21(2)17(15)8-13-22(21)10-4-14-25-22/h9,11,15-18H,4-8,10,12-14H2,1-3H3/t15-,16+,17+,18-,20-,21+,22+/m1/s1. The molecule has 25 heavy (non-hydrogen) atoms. The molecule has 5 aliphatic rings. The average molecular weight is 344 g/mol. The Morgan fingerprint density at radius 3 is 2.64 bits per heavy atom. The van der Waals surface area contributed by atoms with Crippen molar-refractivity contribution in [2.24, 2.45) is 28.6 Å². The van der Waals surface area contributed by atoms with E-state index in [4.69, 9.17) is 4.74 Å². The lowest BCUT2D eigenvalue weighted by Gasteiger charge is -2.61. The largest absolute Gasteiger partial charge is 0.374 e. The topological polar surface area (TPSA) is 29.5 Å². The molecule has 3 heteroatoms. The van der Waals surface area contributed by atoms with Crippen molar-refractivity contribution < 1.29 is 9.53 Å². The molecule has 1 amide bonds. The predicted octanol–water partition coefficient (Wildman–Crippen LogP) is 4.18. The molecule has 0 unspecified atom stereocenters. The second-order valence-electron chi connectivity index (χ2n) is 10.1. The van der Waals surface area contributed by atoms with Gasteiger partial charge in [-0.15, -0.1) is 0 Å². The van der Waals surface area contributed by atoms with Crippen LogP contribution in [0.2, 0.25) is 0 Å². The molecule has 4 fully saturated rings. The van der Waals surface area contributed by atoms with Crippen molar-refractivity contribution in [1.29, 1.82) is 0 Å². The van der Waals surface area contributed by atoms with Gasteiger partial charge in [-0.1, -0.05) is 19.9 Å². The van der Waals surface area contributed by atoms with Crippen LogP contribution in [0.1, 0.15) is 65.2 Å². The molecular weight excluding hydrogens is 310 g/mol. The molecule has 7 atom stereocenters. The molecule has 1 spiro atoms. The second kappa shape index (κ2) is 5.12. The SMILES string of the molecule is CN1C(=O)C=C[C@]2(C)[C@H]3CC[C@@]4(C)[C@@H](CC[C@@]45CCCO5)[C@@H]3CC[C@@H]12. The number of rotatable bonds is 0. The molecular formula is C22H33NO2. The quantitative estimate of drug-likeness (QED) is 0.660. The first-order chi connectivity index (χ1) is 11.9. The molecule has 3 aliphatic carbocycles. The van der Waals surface area contributed by atoms with Gasteiger partial charge in [-0.3, -0.25) is 4.79 Å². The maximum Gasteiger partial charge on any atom is 0.246 e. The number of likely N-dealkylation sites (N-methyl/N-ethyl adjacent to an activating group) is 1. The highest BCUT2D eigenvalue weighted by atomic mass is 16.5. The Labute approximate surface area is 152 Å². The van der Waals surface area contributed by atoms with Gasteiger partial charge in [0, 0.05) is 25.1 Å². The maximum absolute atomic E-state index is 12.2. The van der Waals surface area contributed by atoms with Crippen molar-refractivity contribution in [3.05, 3.63) is 12.2 Å². The van der Waals surface area contributed by atoms with Gasteiger partial charge in [-0.05, 0) is 80.6 Å². The summed E-state index contributed by atoms with van der Waals surface area (Å²) in [6.07, 6.45) is 14.4. The number of nitrogens with zero attached hydrogens (tertiary/aromatic N) is 1. The Morgan fingerprint density at radius 1 is 1.08 bits per heavy atom. The number of carbonyl (C=O) groups is 1. The van der Waals surface area contributed by atoms with E-state index < -0.39 is 0 Å². The molecule has 0 aromatic heterocycles. The Kier molecular flexibility index (Phi) is 3.35. The first kappa shape index (κ1) is 16.4. The smallest absolute Gasteiger partial charge is 0.246 e. The molecule has 5 rings (SSSR count). The zero-order valence-electron chi connectivity index (χ0n) is 16.1. The van der Waals surface area contributed by atoms with Crippen LogP contribution in [0.25, 0.3) is 0 Å². The van der Waals surface area contributed by atoms with Crippen molar-refractivity contribution in [3.8, 4) is 0 Å². The summed E-state index contributed by atoms with van der Waals surface area (Å²) in [5.74, 6) is 2.56. The third-order valence-corrected chi connectivity index (χ3v) is 9.52. The molecule has 138 valence electrons. The highest BCUT2D eigenvalue weighted by Crippen LogP contribution is 2.68. The lowest BCUT2D eigenvalue weighted by Crippen LogP contribution is -2.60. The van der Waals surface area contributed by atoms with Crippen LogP contribution >= 0.6 is 0 Å². The van der Waals surface area contributed by atoms with E-state index in [1.165, 1.54) is 51.4 Å². The Morgan fingerprint density at radius 2 is 1.88 bits per heavy atom. The minimum absolute atomic E-state index is 0.166. The number of amides is 1. The summed E-state index contributed by atoms with van der Waals surface area (Å²) in [5.41, 5.74) is 0.739. The molecule has 0 bridgehead atoms.